The number of hydrogen-bond acceptors (Lipinski definition) is 6. The highest BCUT2D eigenvalue weighted by molar-refractivity contribution is 5.75. The van der Waals surface area contributed by atoms with Crippen LogP contribution < -0.4 is 4.74 Å². The van der Waals surface area contributed by atoms with Gasteiger partial charge in [-0.3, -0.25) is 4.90 Å². The summed E-state index contributed by atoms with van der Waals surface area (Å²) in [6, 6.07) is 16.6. The number of rotatable bonds is 5. The number of ether oxygens (including phenoxy) is 2. The van der Waals surface area contributed by atoms with E-state index in [-0.39, 0.29) is 5.60 Å². The van der Waals surface area contributed by atoms with E-state index in [0.717, 1.165) is 55.0 Å². The Bertz CT molecular complexity index is 1040. The standard InChI is InChI=1S/C23H25N5O2/c1-29-22-9-8-20(28-17-24-25-26-28)12-21(22)19-13-23(30-15-19)10-5-11-27(16-23)14-18-6-3-2-4-7-18/h2-4,6-9,12-13,17H,5,10-11,14-16H2,1H3. The topological polar surface area (TPSA) is 65.3 Å². The van der Waals surface area contributed by atoms with E-state index in [4.69, 9.17) is 9.47 Å². The third kappa shape index (κ3) is 3.74. The smallest absolute Gasteiger partial charge is 0.143 e. The average molecular weight is 403 g/mol. The van der Waals surface area contributed by atoms with Crippen molar-refractivity contribution in [3.8, 4) is 11.4 Å². The molecule has 1 spiro atoms. The molecule has 7 heteroatoms. The number of aromatic nitrogens is 4. The van der Waals surface area contributed by atoms with Crippen LogP contribution in [0, 0.1) is 0 Å². The van der Waals surface area contributed by atoms with Crippen molar-refractivity contribution in [3.05, 3.63) is 72.1 Å². The molecule has 5 rings (SSSR count). The van der Waals surface area contributed by atoms with Gasteiger partial charge < -0.3 is 9.47 Å². The van der Waals surface area contributed by atoms with Crippen molar-refractivity contribution >= 4 is 5.57 Å². The number of likely N-dealkylation sites (tertiary alicyclic amines) is 1. The molecule has 3 aromatic rings. The fourth-order valence-electron chi connectivity index (χ4n) is 4.50. The van der Waals surface area contributed by atoms with Crippen LogP contribution in [0.25, 0.3) is 11.3 Å². The average Bonchev–Trinajstić information content (AvgIpc) is 3.45. The molecule has 0 bridgehead atoms. The SMILES string of the molecule is COc1ccc(-n2cnnn2)cc1C1=CC2(CCCN(Cc3ccccc3)C2)OC1. The third-order valence-corrected chi connectivity index (χ3v) is 5.91. The lowest BCUT2D eigenvalue weighted by molar-refractivity contribution is -0.0328. The van der Waals surface area contributed by atoms with E-state index in [0.29, 0.717) is 6.61 Å². The molecule has 154 valence electrons. The lowest BCUT2D eigenvalue weighted by atomic mass is 9.90. The molecule has 2 aromatic carbocycles. The summed E-state index contributed by atoms with van der Waals surface area (Å²) < 4.78 is 13.7. The van der Waals surface area contributed by atoms with Crippen molar-refractivity contribution in [2.75, 3.05) is 26.8 Å². The minimum Gasteiger partial charge on any atom is -0.496 e. The van der Waals surface area contributed by atoms with Crippen molar-refractivity contribution in [1.29, 1.82) is 0 Å². The first-order chi connectivity index (χ1) is 14.7. The quantitative estimate of drug-likeness (QED) is 0.652. The molecule has 0 aliphatic carbocycles. The molecule has 0 amide bonds. The molecule has 1 fully saturated rings. The van der Waals surface area contributed by atoms with Gasteiger partial charge in [0.2, 0.25) is 0 Å². The van der Waals surface area contributed by atoms with E-state index < -0.39 is 0 Å². The maximum absolute atomic E-state index is 6.41. The maximum Gasteiger partial charge on any atom is 0.143 e. The second-order valence-corrected chi connectivity index (χ2v) is 7.96. The molecular formula is C23H25N5O2. The molecule has 1 unspecified atom stereocenters. The molecule has 1 saturated heterocycles. The van der Waals surface area contributed by atoms with Crippen molar-refractivity contribution in [1.82, 2.24) is 25.1 Å². The van der Waals surface area contributed by atoms with Crippen LogP contribution in [0.1, 0.15) is 24.0 Å². The van der Waals surface area contributed by atoms with Crippen LogP contribution in [0.3, 0.4) is 0 Å². The maximum atomic E-state index is 6.41. The molecular weight excluding hydrogens is 378 g/mol. The number of hydrogen-bond donors (Lipinski definition) is 0. The van der Waals surface area contributed by atoms with Crippen molar-refractivity contribution in [3.63, 3.8) is 0 Å². The molecule has 2 aliphatic rings. The number of methoxy groups -OCH3 is 1. The molecule has 2 aliphatic heterocycles. The van der Waals surface area contributed by atoms with Crippen LogP contribution in [0.15, 0.2) is 60.9 Å². The summed E-state index contributed by atoms with van der Waals surface area (Å²) in [7, 11) is 1.70. The zero-order valence-electron chi connectivity index (χ0n) is 17.1. The van der Waals surface area contributed by atoms with E-state index in [1.165, 1.54) is 5.56 Å². The summed E-state index contributed by atoms with van der Waals surface area (Å²) in [5.74, 6) is 0.829. The monoisotopic (exact) mass is 403 g/mol. The second kappa shape index (κ2) is 8.01. The van der Waals surface area contributed by atoms with Crippen LogP contribution in [0.5, 0.6) is 5.75 Å². The van der Waals surface area contributed by atoms with E-state index in [9.17, 15) is 0 Å². The van der Waals surface area contributed by atoms with Crippen molar-refractivity contribution in [2.24, 2.45) is 0 Å². The first-order valence-corrected chi connectivity index (χ1v) is 10.3. The van der Waals surface area contributed by atoms with Gasteiger partial charge in [0.25, 0.3) is 0 Å². The summed E-state index contributed by atoms with van der Waals surface area (Å²) in [5.41, 5.74) is 4.18. The molecule has 1 atom stereocenters. The zero-order chi connectivity index (χ0) is 20.4. The Morgan fingerprint density at radius 2 is 2.07 bits per heavy atom. The van der Waals surface area contributed by atoms with Gasteiger partial charge >= 0.3 is 0 Å². The van der Waals surface area contributed by atoms with Gasteiger partial charge in [0.05, 0.1) is 19.4 Å². The highest BCUT2D eigenvalue weighted by Gasteiger charge is 2.39. The summed E-state index contributed by atoms with van der Waals surface area (Å²) >= 11 is 0. The largest absolute Gasteiger partial charge is 0.496 e. The predicted octanol–water partition coefficient (Wildman–Crippen LogP) is 3.12. The fourth-order valence-corrected chi connectivity index (χ4v) is 4.50. The Balaban J connectivity index is 1.41. The minimum atomic E-state index is -0.238. The van der Waals surface area contributed by atoms with Gasteiger partial charge in [0.15, 0.2) is 0 Å². The molecule has 0 saturated carbocycles. The number of nitrogens with zero attached hydrogens (tertiary/aromatic N) is 5. The number of tetrazole rings is 1. The lowest BCUT2D eigenvalue weighted by Gasteiger charge is -2.38. The predicted molar refractivity (Wildman–Crippen MR) is 113 cm³/mol. The van der Waals surface area contributed by atoms with Gasteiger partial charge in [0, 0.05) is 18.7 Å². The van der Waals surface area contributed by atoms with Crippen molar-refractivity contribution in [2.45, 2.75) is 25.0 Å². The van der Waals surface area contributed by atoms with Gasteiger partial charge in [-0.1, -0.05) is 30.3 Å². The Morgan fingerprint density at radius 1 is 1.17 bits per heavy atom. The highest BCUT2D eigenvalue weighted by Crippen LogP contribution is 2.39. The molecule has 1 aromatic heterocycles. The summed E-state index contributed by atoms with van der Waals surface area (Å²) in [6.45, 7) is 3.53. The third-order valence-electron chi connectivity index (χ3n) is 5.91. The van der Waals surface area contributed by atoms with Crippen LogP contribution in [-0.4, -0.2) is 57.5 Å². The molecule has 0 radical (unpaired) electrons. The van der Waals surface area contributed by atoms with Gasteiger partial charge in [-0.25, -0.2) is 4.68 Å². The van der Waals surface area contributed by atoms with Crippen LogP contribution in [-0.2, 0) is 11.3 Å². The van der Waals surface area contributed by atoms with Gasteiger partial charge in [-0.2, -0.15) is 0 Å². The zero-order valence-corrected chi connectivity index (χ0v) is 17.1. The summed E-state index contributed by atoms with van der Waals surface area (Å²) in [5, 5.41) is 11.5. The fraction of sp³-hybridized carbons (Fsp3) is 0.348. The van der Waals surface area contributed by atoms with Crippen molar-refractivity contribution < 1.29 is 9.47 Å². The molecule has 30 heavy (non-hydrogen) atoms. The molecule has 0 N–H and O–H groups in total. The number of piperidine rings is 1. The van der Waals surface area contributed by atoms with E-state index in [1.54, 1.807) is 18.1 Å². The Hall–Kier alpha value is -3.03. The van der Waals surface area contributed by atoms with Gasteiger partial charge in [-0.15, -0.1) is 5.10 Å². The first kappa shape index (κ1) is 19.0. The Morgan fingerprint density at radius 3 is 2.87 bits per heavy atom. The van der Waals surface area contributed by atoms with Gasteiger partial charge in [0.1, 0.15) is 17.7 Å². The first-order valence-electron chi connectivity index (χ1n) is 10.3. The van der Waals surface area contributed by atoms with Gasteiger partial charge in [-0.05, 0) is 65.2 Å². The van der Waals surface area contributed by atoms with E-state index in [2.05, 4.69) is 62.9 Å². The Labute approximate surface area is 175 Å². The molecule has 7 nitrogen and oxygen atoms in total. The summed E-state index contributed by atoms with van der Waals surface area (Å²) in [6.07, 6.45) is 6.07. The normalized spacial score (nSPS) is 21.7. The summed E-state index contributed by atoms with van der Waals surface area (Å²) in [4.78, 5) is 2.49. The van der Waals surface area contributed by atoms with Crippen LogP contribution in [0.2, 0.25) is 0 Å². The molecule has 3 heterocycles. The second-order valence-electron chi connectivity index (χ2n) is 7.96. The Kier molecular flexibility index (Phi) is 5.06. The highest BCUT2D eigenvalue weighted by atomic mass is 16.5. The van der Waals surface area contributed by atoms with Crippen LogP contribution in [0.4, 0.5) is 0 Å². The minimum absolute atomic E-state index is 0.238. The lowest BCUT2D eigenvalue weighted by Crippen LogP contribution is -2.46. The van der Waals surface area contributed by atoms with E-state index >= 15 is 0 Å². The van der Waals surface area contributed by atoms with E-state index in [1.807, 2.05) is 12.1 Å². The van der Waals surface area contributed by atoms with Crippen LogP contribution >= 0.6 is 0 Å². The number of benzene rings is 2.